The van der Waals surface area contributed by atoms with Crippen LogP contribution in [0.2, 0.25) is 0 Å². The topological polar surface area (TPSA) is 33.2 Å². The van der Waals surface area contributed by atoms with Crippen molar-refractivity contribution >= 4 is 5.91 Å². The Morgan fingerprint density at radius 2 is 2.00 bits per heavy atom. The summed E-state index contributed by atoms with van der Waals surface area (Å²) in [6.45, 7) is 2.70. The van der Waals surface area contributed by atoms with Gasteiger partial charge in [0.15, 0.2) is 0 Å². The number of hydrogen-bond acceptors (Lipinski definition) is 2. The fraction of sp³-hybridized carbons (Fsp3) is 0.400. The summed E-state index contributed by atoms with van der Waals surface area (Å²) in [7, 11) is 1.89. The number of aryl methyl sites for hydroxylation is 2. The summed E-state index contributed by atoms with van der Waals surface area (Å²) in [6.07, 6.45) is 5.71. The van der Waals surface area contributed by atoms with Gasteiger partial charge in [0.1, 0.15) is 0 Å². The molecule has 23 heavy (non-hydrogen) atoms. The highest BCUT2D eigenvalue weighted by Crippen LogP contribution is 2.26. The largest absolute Gasteiger partial charge is 0.340 e. The van der Waals surface area contributed by atoms with Crippen molar-refractivity contribution < 1.29 is 4.79 Å². The van der Waals surface area contributed by atoms with E-state index in [-0.39, 0.29) is 11.8 Å². The number of nitrogens with zero attached hydrogens (tertiary/aromatic N) is 2. The third kappa shape index (κ3) is 3.61. The second-order valence-electron chi connectivity index (χ2n) is 6.41. The van der Waals surface area contributed by atoms with E-state index in [4.69, 9.17) is 0 Å². The summed E-state index contributed by atoms with van der Waals surface area (Å²) >= 11 is 0. The van der Waals surface area contributed by atoms with Crippen molar-refractivity contribution in [2.24, 2.45) is 5.92 Å². The SMILES string of the molecule is CCc1ccc(CN(C)C(=O)[C@H]2CCc3ccccc3C2)nc1. The van der Waals surface area contributed by atoms with E-state index in [0.717, 1.165) is 31.4 Å². The van der Waals surface area contributed by atoms with Crippen molar-refractivity contribution in [1.82, 2.24) is 9.88 Å². The maximum atomic E-state index is 12.7. The maximum absolute atomic E-state index is 12.7. The second kappa shape index (κ2) is 6.95. The van der Waals surface area contributed by atoms with Crippen LogP contribution < -0.4 is 0 Å². The van der Waals surface area contributed by atoms with Crippen LogP contribution in [-0.2, 0) is 30.6 Å². The Hall–Kier alpha value is -2.16. The number of amides is 1. The van der Waals surface area contributed by atoms with Crippen molar-refractivity contribution in [3.63, 3.8) is 0 Å². The van der Waals surface area contributed by atoms with Gasteiger partial charge in [-0.2, -0.15) is 0 Å². The standard InChI is InChI=1S/C20H24N2O/c1-3-15-8-11-19(21-13-15)14-22(2)20(23)18-10-9-16-6-4-5-7-17(16)12-18/h4-8,11,13,18H,3,9-10,12,14H2,1-2H3/t18-/m0/s1. The molecule has 0 saturated heterocycles. The molecule has 0 bridgehead atoms. The molecular formula is C20H24N2O. The Labute approximate surface area is 138 Å². The highest BCUT2D eigenvalue weighted by atomic mass is 16.2. The second-order valence-corrected chi connectivity index (χ2v) is 6.41. The average molecular weight is 308 g/mol. The lowest BCUT2D eigenvalue weighted by atomic mass is 9.83. The van der Waals surface area contributed by atoms with Gasteiger partial charge < -0.3 is 4.90 Å². The molecule has 1 aliphatic rings. The number of aromatic nitrogens is 1. The molecule has 3 heteroatoms. The van der Waals surface area contributed by atoms with E-state index in [1.54, 1.807) is 0 Å². The lowest BCUT2D eigenvalue weighted by molar-refractivity contribution is -0.135. The van der Waals surface area contributed by atoms with Gasteiger partial charge in [-0.25, -0.2) is 0 Å². The van der Waals surface area contributed by atoms with E-state index in [2.05, 4.69) is 42.2 Å². The van der Waals surface area contributed by atoms with Gasteiger partial charge in [0.25, 0.3) is 0 Å². The van der Waals surface area contributed by atoms with Gasteiger partial charge in [-0.3, -0.25) is 9.78 Å². The molecule has 0 saturated carbocycles. The van der Waals surface area contributed by atoms with Crippen molar-refractivity contribution in [3.05, 3.63) is 65.0 Å². The zero-order valence-corrected chi connectivity index (χ0v) is 14.0. The fourth-order valence-corrected chi connectivity index (χ4v) is 3.30. The maximum Gasteiger partial charge on any atom is 0.226 e. The van der Waals surface area contributed by atoms with E-state index in [1.165, 1.54) is 16.7 Å². The van der Waals surface area contributed by atoms with Crippen LogP contribution >= 0.6 is 0 Å². The van der Waals surface area contributed by atoms with Crippen LogP contribution in [0.1, 0.15) is 35.7 Å². The molecule has 1 aromatic carbocycles. The van der Waals surface area contributed by atoms with Crippen LogP contribution in [0.15, 0.2) is 42.6 Å². The minimum atomic E-state index is 0.102. The Kier molecular flexibility index (Phi) is 4.75. The molecule has 1 heterocycles. The Balaban J connectivity index is 1.63. The van der Waals surface area contributed by atoms with E-state index in [1.807, 2.05) is 24.2 Å². The summed E-state index contributed by atoms with van der Waals surface area (Å²) in [5, 5.41) is 0. The van der Waals surface area contributed by atoms with Crippen molar-refractivity contribution in [3.8, 4) is 0 Å². The predicted molar refractivity (Wildman–Crippen MR) is 92.0 cm³/mol. The molecule has 0 aliphatic heterocycles. The van der Waals surface area contributed by atoms with Crippen LogP contribution in [0.25, 0.3) is 0 Å². The molecule has 120 valence electrons. The van der Waals surface area contributed by atoms with E-state index >= 15 is 0 Å². The van der Waals surface area contributed by atoms with Gasteiger partial charge >= 0.3 is 0 Å². The fourth-order valence-electron chi connectivity index (χ4n) is 3.30. The molecule has 0 radical (unpaired) electrons. The average Bonchev–Trinajstić information content (AvgIpc) is 2.61. The number of pyridine rings is 1. The van der Waals surface area contributed by atoms with Crippen molar-refractivity contribution in [2.45, 2.75) is 39.2 Å². The minimum Gasteiger partial charge on any atom is -0.340 e. The Morgan fingerprint density at radius 3 is 2.70 bits per heavy atom. The lowest BCUT2D eigenvalue weighted by Crippen LogP contribution is -2.35. The first-order valence-electron chi connectivity index (χ1n) is 8.43. The first-order chi connectivity index (χ1) is 11.2. The van der Waals surface area contributed by atoms with E-state index in [9.17, 15) is 4.79 Å². The van der Waals surface area contributed by atoms with Crippen LogP contribution in [-0.4, -0.2) is 22.8 Å². The normalized spacial score (nSPS) is 16.7. The molecule has 1 aliphatic carbocycles. The Morgan fingerprint density at radius 1 is 1.22 bits per heavy atom. The summed E-state index contributed by atoms with van der Waals surface area (Å²) in [6, 6.07) is 12.6. The Bertz CT molecular complexity index is 678. The summed E-state index contributed by atoms with van der Waals surface area (Å²) in [4.78, 5) is 19.0. The van der Waals surface area contributed by atoms with Crippen LogP contribution in [0.3, 0.4) is 0 Å². The summed E-state index contributed by atoms with van der Waals surface area (Å²) in [5.41, 5.74) is 4.91. The molecule has 1 aromatic heterocycles. The van der Waals surface area contributed by atoms with Crippen LogP contribution in [0, 0.1) is 5.92 Å². The monoisotopic (exact) mass is 308 g/mol. The van der Waals surface area contributed by atoms with Crippen LogP contribution in [0.4, 0.5) is 0 Å². The van der Waals surface area contributed by atoms with Gasteiger partial charge in [0, 0.05) is 19.2 Å². The molecule has 2 aromatic rings. The predicted octanol–water partition coefficient (Wildman–Crippen LogP) is 3.41. The number of benzene rings is 1. The first kappa shape index (κ1) is 15.7. The number of carbonyl (C=O) groups excluding carboxylic acids is 1. The molecule has 1 amide bonds. The zero-order chi connectivity index (χ0) is 16.2. The van der Waals surface area contributed by atoms with E-state index < -0.39 is 0 Å². The summed E-state index contributed by atoms with van der Waals surface area (Å²) in [5.74, 6) is 0.339. The summed E-state index contributed by atoms with van der Waals surface area (Å²) < 4.78 is 0. The smallest absolute Gasteiger partial charge is 0.226 e. The first-order valence-corrected chi connectivity index (χ1v) is 8.43. The molecule has 0 spiro atoms. The molecule has 3 rings (SSSR count). The quantitative estimate of drug-likeness (QED) is 0.867. The lowest BCUT2D eigenvalue weighted by Gasteiger charge is -2.27. The van der Waals surface area contributed by atoms with Crippen molar-refractivity contribution in [2.75, 3.05) is 7.05 Å². The van der Waals surface area contributed by atoms with Gasteiger partial charge in [-0.1, -0.05) is 37.3 Å². The van der Waals surface area contributed by atoms with Gasteiger partial charge in [-0.05, 0) is 48.4 Å². The highest BCUT2D eigenvalue weighted by molar-refractivity contribution is 5.79. The van der Waals surface area contributed by atoms with Crippen LogP contribution in [0.5, 0.6) is 0 Å². The number of hydrogen-bond donors (Lipinski definition) is 0. The van der Waals surface area contributed by atoms with Gasteiger partial charge in [0.05, 0.1) is 12.2 Å². The molecule has 0 unspecified atom stereocenters. The minimum absolute atomic E-state index is 0.102. The van der Waals surface area contributed by atoms with Gasteiger partial charge in [-0.15, -0.1) is 0 Å². The number of rotatable bonds is 4. The highest BCUT2D eigenvalue weighted by Gasteiger charge is 2.26. The molecule has 0 N–H and O–H groups in total. The third-order valence-corrected chi connectivity index (χ3v) is 4.77. The number of carbonyl (C=O) groups is 1. The molecular weight excluding hydrogens is 284 g/mol. The molecule has 3 nitrogen and oxygen atoms in total. The third-order valence-electron chi connectivity index (χ3n) is 4.77. The zero-order valence-electron chi connectivity index (χ0n) is 14.0. The molecule has 1 atom stereocenters. The van der Waals surface area contributed by atoms with Crippen molar-refractivity contribution in [1.29, 1.82) is 0 Å². The van der Waals surface area contributed by atoms with Gasteiger partial charge in [0.2, 0.25) is 5.91 Å². The number of fused-ring (bicyclic) bond motifs is 1. The molecule has 0 fully saturated rings. The van der Waals surface area contributed by atoms with E-state index in [0.29, 0.717) is 6.54 Å².